The second kappa shape index (κ2) is 6.91. The first-order chi connectivity index (χ1) is 10.4. The van der Waals surface area contributed by atoms with E-state index in [1.165, 1.54) is 58.9 Å². The van der Waals surface area contributed by atoms with Crippen molar-refractivity contribution in [3.8, 4) is 10.4 Å². The van der Waals surface area contributed by atoms with Crippen molar-refractivity contribution in [1.29, 1.82) is 0 Å². The van der Waals surface area contributed by atoms with Crippen LogP contribution in [-0.4, -0.2) is 0 Å². The minimum absolute atomic E-state index is 1.22. The maximum Gasteiger partial charge on any atom is 0.0351 e. The summed E-state index contributed by atoms with van der Waals surface area (Å²) < 4.78 is 0. The molecule has 1 aromatic heterocycles. The number of fused-ring (bicyclic) bond motifs is 1. The predicted molar refractivity (Wildman–Crippen MR) is 95.1 cm³/mol. The Morgan fingerprint density at radius 1 is 0.905 bits per heavy atom. The molecule has 0 nitrogen and oxygen atoms in total. The van der Waals surface area contributed by atoms with Gasteiger partial charge in [-0.15, -0.1) is 11.3 Å². The fourth-order valence-electron chi connectivity index (χ4n) is 2.84. The van der Waals surface area contributed by atoms with Gasteiger partial charge < -0.3 is 0 Å². The molecule has 0 saturated heterocycles. The molecule has 2 aromatic carbocycles. The van der Waals surface area contributed by atoms with Gasteiger partial charge in [0.25, 0.3) is 0 Å². The molecule has 0 aliphatic heterocycles. The maximum atomic E-state index is 2.39. The number of thiophene rings is 1. The zero-order valence-electron chi connectivity index (χ0n) is 12.6. The molecule has 0 aliphatic carbocycles. The zero-order chi connectivity index (χ0) is 14.5. The largest absolute Gasteiger partial charge is 0.144 e. The van der Waals surface area contributed by atoms with Crippen LogP contribution in [0.2, 0.25) is 0 Å². The highest BCUT2D eigenvalue weighted by Gasteiger charge is 2.06. The van der Waals surface area contributed by atoms with Crippen molar-refractivity contribution >= 4 is 22.1 Å². The molecular weight excluding hydrogens is 272 g/mol. The van der Waals surface area contributed by atoms with Crippen molar-refractivity contribution in [3.05, 3.63) is 59.5 Å². The molecule has 0 atom stereocenters. The van der Waals surface area contributed by atoms with Crippen LogP contribution < -0.4 is 0 Å². The van der Waals surface area contributed by atoms with E-state index in [0.29, 0.717) is 0 Å². The van der Waals surface area contributed by atoms with Gasteiger partial charge >= 0.3 is 0 Å². The molecule has 0 unspecified atom stereocenters. The monoisotopic (exact) mass is 294 g/mol. The Labute approximate surface area is 131 Å². The predicted octanol–water partition coefficient (Wildman–Crippen LogP) is 6.69. The normalized spacial score (nSPS) is 11.1. The zero-order valence-corrected chi connectivity index (χ0v) is 13.5. The molecule has 0 N–H and O–H groups in total. The Morgan fingerprint density at radius 2 is 1.76 bits per heavy atom. The number of hydrogen-bond donors (Lipinski definition) is 0. The van der Waals surface area contributed by atoms with Crippen LogP contribution in [0.1, 0.15) is 38.2 Å². The fraction of sp³-hybridized carbons (Fsp3) is 0.300. The summed E-state index contributed by atoms with van der Waals surface area (Å²) in [5.74, 6) is 0. The molecule has 3 aromatic rings. The first-order valence-electron chi connectivity index (χ1n) is 7.94. The van der Waals surface area contributed by atoms with Crippen LogP contribution in [0.4, 0.5) is 0 Å². The Bertz CT molecular complexity index is 703. The Morgan fingerprint density at radius 3 is 2.67 bits per heavy atom. The topological polar surface area (TPSA) is 0 Å². The van der Waals surface area contributed by atoms with E-state index in [4.69, 9.17) is 0 Å². The van der Waals surface area contributed by atoms with Gasteiger partial charge in [-0.1, -0.05) is 68.7 Å². The van der Waals surface area contributed by atoms with Crippen LogP contribution >= 0.6 is 11.3 Å². The van der Waals surface area contributed by atoms with E-state index in [-0.39, 0.29) is 0 Å². The molecule has 21 heavy (non-hydrogen) atoms. The molecule has 0 fully saturated rings. The molecule has 0 aliphatic rings. The summed E-state index contributed by atoms with van der Waals surface area (Å²) in [6, 6.07) is 17.7. The minimum atomic E-state index is 1.22. The van der Waals surface area contributed by atoms with E-state index in [2.05, 4.69) is 60.8 Å². The molecule has 0 bridgehead atoms. The Balaban J connectivity index is 1.81. The molecule has 108 valence electrons. The smallest absolute Gasteiger partial charge is 0.0351 e. The van der Waals surface area contributed by atoms with Gasteiger partial charge in [-0.2, -0.15) is 0 Å². The summed E-state index contributed by atoms with van der Waals surface area (Å²) >= 11 is 1.88. The van der Waals surface area contributed by atoms with Gasteiger partial charge in [0, 0.05) is 4.88 Å². The van der Waals surface area contributed by atoms with Crippen LogP contribution in [-0.2, 0) is 6.42 Å². The quantitative estimate of drug-likeness (QED) is 0.444. The highest BCUT2D eigenvalue weighted by Crippen LogP contribution is 2.33. The molecule has 0 spiro atoms. The summed E-state index contributed by atoms with van der Waals surface area (Å²) in [5, 5.41) is 5.02. The van der Waals surface area contributed by atoms with Gasteiger partial charge in [-0.25, -0.2) is 0 Å². The van der Waals surface area contributed by atoms with Crippen LogP contribution in [0.3, 0.4) is 0 Å². The van der Waals surface area contributed by atoms with Crippen molar-refractivity contribution < 1.29 is 0 Å². The lowest BCUT2D eigenvalue weighted by Crippen LogP contribution is -1.82. The Kier molecular flexibility index (Phi) is 4.72. The summed E-state index contributed by atoms with van der Waals surface area (Å²) in [7, 11) is 0. The fourth-order valence-corrected chi connectivity index (χ4v) is 3.83. The average Bonchev–Trinajstić information content (AvgIpc) is 3.00. The van der Waals surface area contributed by atoms with E-state index >= 15 is 0 Å². The van der Waals surface area contributed by atoms with Gasteiger partial charge in [0.2, 0.25) is 0 Å². The van der Waals surface area contributed by atoms with Crippen molar-refractivity contribution in [2.75, 3.05) is 0 Å². The number of benzene rings is 2. The van der Waals surface area contributed by atoms with Gasteiger partial charge in [0.1, 0.15) is 0 Å². The third-order valence-corrected chi connectivity index (χ3v) is 5.04. The number of unbranched alkanes of at least 4 members (excludes halogenated alkanes) is 3. The first kappa shape index (κ1) is 14.3. The lowest BCUT2D eigenvalue weighted by atomic mass is 10.0. The summed E-state index contributed by atoms with van der Waals surface area (Å²) in [6.07, 6.45) is 6.57. The molecule has 0 amide bonds. The van der Waals surface area contributed by atoms with Crippen molar-refractivity contribution in [3.63, 3.8) is 0 Å². The highest BCUT2D eigenvalue weighted by atomic mass is 32.1. The van der Waals surface area contributed by atoms with Gasteiger partial charge in [0.15, 0.2) is 0 Å². The molecule has 1 heteroatoms. The van der Waals surface area contributed by atoms with E-state index in [9.17, 15) is 0 Å². The first-order valence-corrected chi connectivity index (χ1v) is 8.82. The van der Waals surface area contributed by atoms with Crippen molar-refractivity contribution in [2.24, 2.45) is 0 Å². The van der Waals surface area contributed by atoms with E-state index in [1.807, 2.05) is 11.3 Å². The van der Waals surface area contributed by atoms with Gasteiger partial charge in [0.05, 0.1) is 0 Å². The SMILES string of the molecule is CCCCCCc1csc(-c2cccc3ccccc23)c1. The van der Waals surface area contributed by atoms with Crippen LogP contribution in [0, 0.1) is 0 Å². The lowest BCUT2D eigenvalue weighted by molar-refractivity contribution is 0.667. The van der Waals surface area contributed by atoms with Gasteiger partial charge in [-0.3, -0.25) is 0 Å². The molecule has 1 heterocycles. The van der Waals surface area contributed by atoms with Crippen LogP contribution in [0.15, 0.2) is 53.9 Å². The van der Waals surface area contributed by atoms with E-state index < -0.39 is 0 Å². The molecule has 0 saturated carbocycles. The molecule has 0 radical (unpaired) electrons. The standard InChI is InChI=1S/C20H22S/c1-2-3-4-5-9-16-14-20(21-15-16)19-13-8-11-17-10-6-7-12-18(17)19/h6-8,10-15H,2-5,9H2,1H3. The van der Waals surface area contributed by atoms with Crippen molar-refractivity contribution in [1.82, 2.24) is 0 Å². The maximum absolute atomic E-state index is 2.39. The van der Waals surface area contributed by atoms with E-state index in [1.54, 1.807) is 0 Å². The summed E-state index contributed by atoms with van der Waals surface area (Å²) in [4.78, 5) is 1.40. The molecular formula is C20H22S. The number of aryl methyl sites for hydroxylation is 1. The number of rotatable bonds is 6. The number of hydrogen-bond acceptors (Lipinski definition) is 1. The van der Waals surface area contributed by atoms with E-state index in [0.717, 1.165) is 0 Å². The minimum Gasteiger partial charge on any atom is -0.144 e. The highest BCUT2D eigenvalue weighted by molar-refractivity contribution is 7.13. The van der Waals surface area contributed by atoms with Crippen LogP contribution in [0.25, 0.3) is 21.2 Å². The van der Waals surface area contributed by atoms with Crippen LogP contribution in [0.5, 0.6) is 0 Å². The Hall–Kier alpha value is -1.60. The second-order valence-corrected chi connectivity index (χ2v) is 6.57. The molecule has 3 rings (SSSR count). The lowest BCUT2D eigenvalue weighted by Gasteiger charge is -2.04. The van der Waals surface area contributed by atoms with Crippen molar-refractivity contribution in [2.45, 2.75) is 39.0 Å². The third-order valence-electron chi connectivity index (χ3n) is 4.03. The second-order valence-electron chi connectivity index (χ2n) is 5.66. The average molecular weight is 294 g/mol. The summed E-state index contributed by atoms with van der Waals surface area (Å²) in [6.45, 7) is 2.27. The third kappa shape index (κ3) is 3.36. The van der Waals surface area contributed by atoms with Gasteiger partial charge in [-0.05, 0) is 46.2 Å². The summed E-state index contributed by atoms with van der Waals surface area (Å²) in [5.41, 5.74) is 2.87.